The van der Waals surface area contributed by atoms with Crippen LogP contribution in [0.25, 0.3) is 5.57 Å². The first-order chi connectivity index (χ1) is 14.6. The summed E-state index contributed by atoms with van der Waals surface area (Å²) in [5, 5.41) is 0. The monoisotopic (exact) mass is 417 g/mol. The predicted molar refractivity (Wildman–Crippen MR) is 119 cm³/mol. The molecule has 0 atom stereocenters. The number of rotatable bonds is 6. The van der Waals surface area contributed by atoms with Crippen LogP contribution < -0.4 is 4.90 Å². The molecule has 0 aromatic heterocycles. The Morgan fingerprint density at radius 1 is 0.800 bits per heavy atom. The third kappa shape index (κ3) is 3.94. The van der Waals surface area contributed by atoms with Crippen LogP contribution in [-0.2, 0) is 21.8 Å². The van der Waals surface area contributed by atoms with E-state index in [1.807, 2.05) is 49.4 Å². The molecule has 3 aromatic rings. The summed E-state index contributed by atoms with van der Waals surface area (Å²) in [6.45, 7) is 2.05. The average molecular weight is 418 g/mol. The number of amides is 2. The fourth-order valence-electron chi connectivity index (χ4n) is 3.36. The molecule has 0 aliphatic carbocycles. The number of nitrogens with zero attached hydrogens (tertiary/aromatic N) is 1. The predicted octanol–water partition coefficient (Wildman–Crippen LogP) is 5.61. The lowest BCUT2D eigenvalue weighted by molar-refractivity contribution is -0.119. The van der Waals surface area contributed by atoms with Gasteiger partial charge in [0.25, 0.3) is 11.8 Å². The number of anilines is 1. The number of carbonyl (C=O) groups excluding carboxylic acids is 2. The first-order valence-corrected chi connectivity index (χ1v) is 10.7. The molecule has 0 saturated heterocycles. The number of imide groups is 1. The second-order valence-corrected chi connectivity index (χ2v) is 7.94. The van der Waals surface area contributed by atoms with E-state index >= 15 is 0 Å². The minimum Gasteiger partial charge on any atom is -0.268 e. The number of benzene rings is 3. The Hall–Kier alpha value is -3.18. The largest absolute Gasteiger partial charge is 0.272 e. The van der Waals surface area contributed by atoms with Gasteiger partial charge in [0.05, 0.1) is 16.2 Å². The van der Waals surface area contributed by atoms with Crippen LogP contribution in [0.2, 0.25) is 0 Å². The lowest BCUT2D eigenvalue weighted by Crippen LogP contribution is -2.31. The van der Waals surface area contributed by atoms with E-state index in [1.165, 1.54) is 28.8 Å². The Balaban J connectivity index is 1.72. The van der Waals surface area contributed by atoms with E-state index < -0.39 is 0 Å². The van der Waals surface area contributed by atoms with E-state index in [0.29, 0.717) is 27.5 Å². The molecule has 3 nitrogen and oxygen atoms in total. The molecule has 3 aromatic carbocycles. The van der Waals surface area contributed by atoms with Gasteiger partial charge in [-0.25, -0.2) is 9.29 Å². The third-order valence-electron chi connectivity index (χ3n) is 5.00. The van der Waals surface area contributed by atoms with Crippen molar-refractivity contribution in [3.8, 4) is 0 Å². The highest BCUT2D eigenvalue weighted by atomic mass is 32.2. The van der Waals surface area contributed by atoms with Gasteiger partial charge in [-0.05, 0) is 47.4 Å². The van der Waals surface area contributed by atoms with Gasteiger partial charge in [-0.2, -0.15) is 0 Å². The molecule has 0 N–H and O–H groups in total. The Labute approximate surface area is 179 Å². The van der Waals surface area contributed by atoms with Crippen molar-refractivity contribution in [3.63, 3.8) is 0 Å². The fraction of sp³-hybridized carbons (Fsp3) is 0.120. The standard InChI is InChI=1S/C25H20FNO2S/c1-2-17-8-14-21(15-9-17)27-24(28)22(19-10-12-20(26)13-11-19)23(25(27)29)30-16-18-6-4-3-5-7-18/h3-15H,2,16H2,1H3. The highest BCUT2D eigenvalue weighted by Gasteiger charge is 2.40. The van der Waals surface area contributed by atoms with Crippen LogP contribution in [0, 0.1) is 5.82 Å². The van der Waals surface area contributed by atoms with E-state index in [1.54, 1.807) is 24.3 Å². The van der Waals surface area contributed by atoms with Crippen LogP contribution in [0.5, 0.6) is 0 Å². The van der Waals surface area contributed by atoms with Crippen molar-refractivity contribution in [1.82, 2.24) is 0 Å². The summed E-state index contributed by atoms with van der Waals surface area (Å²) in [4.78, 5) is 28.2. The first kappa shape index (κ1) is 20.1. The highest BCUT2D eigenvalue weighted by Crippen LogP contribution is 2.39. The van der Waals surface area contributed by atoms with Crippen molar-refractivity contribution in [2.24, 2.45) is 0 Å². The molecule has 150 valence electrons. The molecule has 0 fully saturated rings. The summed E-state index contributed by atoms with van der Waals surface area (Å²) in [5.74, 6) is -0.555. The van der Waals surface area contributed by atoms with Crippen LogP contribution in [0.3, 0.4) is 0 Å². The van der Waals surface area contributed by atoms with E-state index in [-0.39, 0.29) is 17.6 Å². The van der Waals surface area contributed by atoms with Crippen LogP contribution >= 0.6 is 11.8 Å². The van der Waals surface area contributed by atoms with Gasteiger partial charge in [-0.15, -0.1) is 11.8 Å². The molecule has 1 aliphatic heterocycles. The Morgan fingerprint density at radius 3 is 2.10 bits per heavy atom. The zero-order chi connectivity index (χ0) is 21.1. The van der Waals surface area contributed by atoms with Gasteiger partial charge in [0, 0.05) is 5.75 Å². The summed E-state index contributed by atoms with van der Waals surface area (Å²) in [6.07, 6.45) is 0.874. The van der Waals surface area contributed by atoms with E-state index in [0.717, 1.165) is 17.5 Å². The lowest BCUT2D eigenvalue weighted by atomic mass is 10.1. The average Bonchev–Trinajstić information content (AvgIpc) is 3.03. The Kier molecular flexibility index (Phi) is 5.81. The molecule has 2 amide bonds. The van der Waals surface area contributed by atoms with Crippen molar-refractivity contribution in [3.05, 3.63) is 106 Å². The molecule has 0 bridgehead atoms. The summed E-state index contributed by atoms with van der Waals surface area (Å²) in [5.41, 5.74) is 3.58. The molecule has 4 rings (SSSR count). The third-order valence-corrected chi connectivity index (χ3v) is 6.15. The smallest absolute Gasteiger partial charge is 0.268 e. The van der Waals surface area contributed by atoms with Crippen molar-refractivity contribution < 1.29 is 14.0 Å². The number of carbonyl (C=O) groups is 2. The van der Waals surface area contributed by atoms with Gasteiger partial charge in [-0.1, -0.05) is 61.5 Å². The number of hydrogen-bond acceptors (Lipinski definition) is 3. The van der Waals surface area contributed by atoms with Crippen molar-refractivity contribution in [2.45, 2.75) is 19.1 Å². The highest BCUT2D eigenvalue weighted by molar-refractivity contribution is 8.03. The summed E-state index contributed by atoms with van der Waals surface area (Å²) in [6, 6.07) is 22.9. The topological polar surface area (TPSA) is 37.4 Å². The zero-order valence-electron chi connectivity index (χ0n) is 16.5. The Morgan fingerprint density at radius 2 is 1.47 bits per heavy atom. The molecule has 1 aliphatic rings. The molecule has 0 saturated carbocycles. The van der Waals surface area contributed by atoms with E-state index in [4.69, 9.17) is 0 Å². The molecule has 1 heterocycles. The van der Waals surface area contributed by atoms with Gasteiger partial charge in [0.2, 0.25) is 0 Å². The zero-order valence-corrected chi connectivity index (χ0v) is 17.3. The van der Waals surface area contributed by atoms with Crippen LogP contribution in [-0.4, -0.2) is 11.8 Å². The second-order valence-electron chi connectivity index (χ2n) is 6.95. The summed E-state index contributed by atoms with van der Waals surface area (Å²) in [7, 11) is 0. The second kappa shape index (κ2) is 8.67. The van der Waals surface area contributed by atoms with Crippen molar-refractivity contribution >= 4 is 34.8 Å². The minimum atomic E-state index is -0.387. The van der Waals surface area contributed by atoms with E-state index in [9.17, 15) is 14.0 Å². The van der Waals surface area contributed by atoms with Gasteiger partial charge < -0.3 is 0 Å². The first-order valence-electron chi connectivity index (χ1n) is 9.73. The van der Waals surface area contributed by atoms with Crippen LogP contribution in [0.1, 0.15) is 23.6 Å². The molecule has 0 radical (unpaired) electrons. The normalized spacial score (nSPS) is 14.0. The minimum absolute atomic E-state index is 0.320. The van der Waals surface area contributed by atoms with Crippen molar-refractivity contribution in [1.29, 1.82) is 0 Å². The van der Waals surface area contributed by atoms with Gasteiger partial charge in [-0.3, -0.25) is 9.59 Å². The van der Waals surface area contributed by atoms with Gasteiger partial charge in [0.15, 0.2) is 0 Å². The lowest BCUT2D eigenvalue weighted by Gasteiger charge is -2.15. The quantitative estimate of drug-likeness (QED) is 0.490. The summed E-state index contributed by atoms with van der Waals surface area (Å²) >= 11 is 1.34. The SMILES string of the molecule is CCc1ccc(N2C(=O)C(SCc3ccccc3)=C(c3ccc(F)cc3)C2=O)cc1. The van der Waals surface area contributed by atoms with Crippen LogP contribution in [0.4, 0.5) is 10.1 Å². The van der Waals surface area contributed by atoms with Gasteiger partial charge >= 0.3 is 0 Å². The molecular weight excluding hydrogens is 397 g/mol. The maximum Gasteiger partial charge on any atom is 0.272 e. The molecule has 0 spiro atoms. The van der Waals surface area contributed by atoms with Gasteiger partial charge in [0.1, 0.15) is 5.82 Å². The van der Waals surface area contributed by atoms with E-state index in [2.05, 4.69) is 0 Å². The maximum absolute atomic E-state index is 13.4. The molecule has 5 heteroatoms. The summed E-state index contributed by atoms with van der Waals surface area (Å²) < 4.78 is 13.4. The van der Waals surface area contributed by atoms with Crippen LogP contribution in [0.15, 0.2) is 83.8 Å². The Bertz CT molecular complexity index is 1110. The number of halogens is 1. The number of hydrogen-bond donors (Lipinski definition) is 0. The fourth-order valence-corrected chi connectivity index (χ4v) is 4.43. The number of thioether (sulfide) groups is 1. The maximum atomic E-state index is 13.4. The number of aryl methyl sites for hydroxylation is 1. The van der Waals surface area contributed by atoms with Crippen molar-refractivity contribution in [2.75, 3.05) is 4.90 Å². The molecule has 30 heavy (non-hydrogen) atoms. The molecule has 0 unspecified atom stereocenters. The molecular formula is C25H20FNO2S.